The van der Waals surface area contributed by atoms with E-state index in [-0.39, 0.29) is 17.9 Å². The maximum absolute atomic E-state index is 11.8. The highest BCUT2D eigenvalue weighted by Gasteiger charge is 2.45. The van der Waals surface area contributed by atoms with E-state index in [1.807, 2.05) is 0 Å². The average Bonchev–Trinajstić information content (AvgIpc) is 2.44. The van der Waals surface area contributed by atoms with Crippen LogP contribution in [-0.4, -0.2) is 35.5 Å². The zero-order chi connectivity index (χ0) is 11.0. The van der Waals surface area contributed by atoms with Crippen LogP contribution in [0.25, 0.3) is 0 Å². The minimum atomic E-state index is -0.421. The van der Waals surface area contributed by atoms with Crippen LogP contribution in [0.4, 0.5) is 0 Å². The standard InChI is InChI=1S/C11H15NO3/c1-7-10(15-8(2)13)9-5-3-4-6-12(9)11(7)14/h9-10H,1,3-6H2,2H3. The molecule has 2 fully saturated rings. The van der Waals surface area contributed by atoms with Crippen molar-refractivity contribution in [2.75, 3.05) is 6.54 Å². The number of fused-ring (bicyclic) bond motifs is 1. The van der Waals surface area contributed by atoms with Crippen molar-refractivity contribution < 1.29 is 14.3 Å². The van der Waals surface area contributed by atoms with E-state index in [0.29, 0.717) is 5.57 Å². The second-order valence-corrected chi connectivity index (χ2v) is 4.12. The molecule has 4 heteroatoms. The molecule has 2 heterocycles. The first kappa shape index (κ1) is 10.2. The Labute approximate surface area is 88.9 Å². The van der Waals surface area contributed by atoms with Crippen molar-refractivity contribution in [1.82, 2.24) is 4.90 Å². The number of ether oxygens (including phenoxy) is 1. The molecule has 2 saturated heterocycles. The number of rotatable bonds is 1. The monoisotopic (exact) mass is 209 g/mol. The van der Waals surface area contributed by atoms with E-state index in [0.717, 1.165) is 25.8 Å². The fourth-order valence-corrected chi connectivity index (χ4v) is 2.39. The summed E-state index contributed by atoms with van der Waals surface area (Å²) in [4.78, 5) is 24.5. The normalized spacial score (nSPS) is 30.3. The highest BCUT2D eigenvalue weighted by atomic mass is 16.5. The van der Waals surface area contributed by atoms with Gasteiger partial charge in [0.05, 0.1) is 11.6 Å². The van der Waals surface area contributed by atoms with Crippen LogP contribution < -0.4 is 0 Å². The van der Waals surface area contributed by atoms with Gasteiger partial charge >= 0.3 is 5.97 Å². The molecule has 2 aliphatic heterocycles. The molecule has 15 heavy (non-hydrogen) atoms. The lowest BCUT2D eigenvalue weighted by atomic mass is 10.00. The van der Waals surface area contributed by atoms with Crippen LogP contribution in [-0.2, 0) is 14.3 Å². The number of carbonyl (C=O) groups excluding carboxylic acids is 2. The van der Waals surface area contributed by atoms with Crippen molar-refractivity contribution >= 4 is 11.9 Å². The van der Waals surface area contributed by atoms with Gasteiger partial charge in [-0.15, -0.1) is 0 Å². The molecule has 0 aromatic carbocycles. The number of amides is 1. The van der Waals surface area contributed by atoms with Gasteiger partial charge in [-0.1, -0.05) is 6.58 Å². The van der Waals surface area contributed by atoms with Gasteiger partial charge < -0.3 is 9.64 Å². The number of hydrogen-bond acceptors (Lipinski definition) is 3. The minimum absolute atomic E-state index is 0.0302. The quantitative estimate of drug-likeness (QED) is 0.475. The van der Waals surface area contributed by atoms with Gasteiger partial charge in [-0.3, -0.25) is 9.59 Å². The molecular formula is C11H15NO3. The zero-order valence-electron chi connectivity index (χ0n) is 8.86. The van der Waals surface area contributed by atoms with E-state index in [1.165, 1.54) is 6.92 Å². The molecule has 82 valence electrons. The van der Waals surface area contributed by atoms with Gasteiger partial charge in [-0.05, 0) is 19.3 Å². The first-order valence-corrected chi connectivity index (χ1v) is 5.28. The van der Waals surface area contributed by atoms with Gasteiger partial charge in [0.1, 0.15) is 0 Å². The maximum atomic E-state index is 11.8. The number of hydrogen-bond donors (Lipinski definition) is 0. The van der Waals surface area contributed by atoms with Crippen LogP contribution in [0.2, 0.25) is 0 Å². The number of piperidine rings is 1. The number of esters is 1. The molecule has 0 aromatic heterocycles. The molecule has 2 rings (SSSR count). The lowest BCUT2D eigenvalue weighted by Gasteiger charge is -2.31. The topological polar surface area (TPSA) is 46.6 Å². The fourth-order valence-electron chi connectivity index (χ4n) is 2.39. The van der Waals surface area contributed by atoms with Gasteiger partial charge in [-0.25, -0.2) is 0 Å². The first-order valence-electron chi connectivity index (χ1n) is 5.28. The van der Waals surface area contributed by atoms with Crippen molar-refractivity contribution in [2.45, 2.75) is 38.3 Å². The lowest BCUT2D eigenvalue weighted by molar-refractivity contribution is -0.146. The van der Waals surface area contributed by atoms with Crippen molar-refractivity contribution in [3.05, 3.63) is 12.2 Å². The van der Waals surface area contributed by atoms with Gasteiger partial charge in [0.15, 0.2) is 6.10 Å². The molecule has 0 bridgehead atoms. The molecule has 0 aliphatic carbocycles. The summed E-state index contributed by atoms with van der Waals surface area (Å²) < 4.78 is 5.16. The summed E-state index contributed by atoms with van der Waals surface area (Å²) in [7, 11) is 0. The summed E-state index contributed by atoms with van der Waals surface area (Å²) in [6, 6.07) is 0.0302. The largest absolute Gasteiger partial charge is 0.455 e. The highest BCUT2D eigenvalue weighted by Crippen LogP contribution is 2.32. The summed E-state index contributed by atoms with van der Waals surface area (Å²) in [5.41, 5.74) is 0.428. The van der Waals surface area contributed by atoms with Crippen LogP contribution >= 0.6 is 0 Å². The molecule has 4 nitrogen and oxygen atoms in total. The molecule has 1 amide bonds. The van der Waals surface area contributed by atoms with E-state index >= 15 is 0 Å². The SMILES string of the molecule is C=C1C(=O)N2CCCCC2C1OC(C)=O. The second-order valence-electron chi connectivity index (χ2n) is 4.12. The molecule has 0 spiro atoms. The van der Waals surface area contributed by atoms with Crippen molar-refractivity contribution in [1.29, 1.82) is 0 Å². The Kier molecular flexibility index (Phi) is 2.50. The minimum Gasteiger partial charge on any atom is -0.455 e. The van der Waals surface area contributed by atoms with Crippen molar-refractivity contribution in [2.24, 2.45) is 0 Å². The Hall–Kier alpha value is -1.32. The van der Waals surface area contributed by atoms with E-state index in [1.54, 1.807) is 4.90 Å². The average molecular weight is 209 g/mol. The zero-order valence-corrected chi connectivity index (χ0v) is 8.86. The Morgan fingerprint density at radius 3 is 2.93 bits per heavy atom. The van der Waals surface area contributed by atoms with E-state index in [4.69, 9.17) is 4.74 Å². The Morgan fingerprint density at radius 2 is 2.27 bits per heavy atom. The molecular weight excluding hydrogens is 194 g/mol. The predicted octanol–water partition coefficient (Wildman–Crippen LogP) is 0.869. The third-order valence-corrected chi connectivity index (χ3v) is 3.07. The van der Waals surface area contributed by atoms with Crippen molar-refractivity contribution in [3.63, 3.8) is 0 Å². The smallest absolute Gasteiger partial charge is 0.303 e. The second kappa shape index (κ2) is 3.68. The predicted molar refractivity (Wildman–Crippen MR) is 54.0 cm³/mol. The van der Waals surface area contributed by atoms with E-state index in [2.05, 4.69) is 6.58 Å². The summed E-state index contributed by atoms with van der Waals surface area (Å²) in [6.45, 7) is 5.85. The molecule has 2 unspecified atom stereocenters. The first-order chi connectivity index (χ1) is 7.11. The molecule has 2 atom stereocenters. The maximum Gasteiger partial charge on any atom is 0.303 e. The summed E-state index contributed by atoms with van der Waals surface area (Å²) in [6.07, 6.45) is 2.60. The van der Waals surface area contributed by atoms with Crippen LogP contribution in [0.15, 0.2) is 12.2 Å². The van der Waals surface area contributed by atoms with E-state index in [9.17, 15) is 9.59 Å². The van der Waals surface area contributed by atoms with Crippen LogP contribution in [0.5, 0.6) is 0 Å². The fraction of sp³-hybridized carbons (Fsp3) is 0.636. The highest BCUT2D eigenvalue weighted by molar-refractivity contribution is 5.97. The third-order valence-electron chi connectivity index (χ3n) is 3.07. The van der Waals surface area contributed by atoms with Gasteiger partial charge in [-0.2, -0.15) is 0 Å². The molecule has 0 N–H and O–H groups in total. The van der Waals surface area contributed by atoms with Gasteiger partial charge in [0, 0.05) is 13.5 Å². The summed E-state index contributed by atoms with van der Waals surface area (Å²) >= 11 is 0. The Balaban J connectivity index is 2.19. The van der Waals surface area contributed by atoms with Crippen LogP contribution in [0, 0.1) is 0 Å². The molecule has 2 aliphatic rings. The van der Waals surface area contributed by atoms with Crippen LogP contribution in [0.3, 0.4) is 0 Å². The summed E-state index contributed by atoms with van der Waals surface area (Å²) in [5, 5.41) is 0. The number of carbonyl (C=O) groups is 2. The Bertz CT molecular complexity index is 324. The summed E-state index contributed by atoms with van der Waals surface area (Å²) in [5.74, 6) is -0.396. The van der Waals surface area contributed by atoms with Crippen LogP contribution in [0.1, 0.15) is 26.2 Å². The Morgan fingerprint density at radius 1 is 1.53 bits per heavy atom. The third kappa shape index (κ3) is 1.64. The number of nitrogens with zero attached hydrogens (tertiary/aromatic N) is 1. The molecule has 0 radical (unpaired) electrons. The lowest BCUT2D eigenvalue weighted by Crippen LogP contribution is -2.41. The van der Waals surface area contributed by atoms with Crippen molar-refractivity contribution in [3.8, 4) is 0 Å². The van der Waals surface area contributed by atoms with Gasteiger partial charge in [0.25, 0.3) is 5.91 Å². The molecule has 0 saturated carbocycles. The molecule has 0 aromatic rings. The van der Waals surface area contributed by atoms with Gasteiger partial charge in [0.2, 0.25) is 0 Å². The van der Waals surface area contributed by atoms with E-state index < -0.39 is 6.10 Å².